The lowest BCUT2D eigenvalue weighted by atomic mass is 9.86. The molecule has 0 N–H and O–H groups in total. The lowest BCUT2D eigenvalue weighted by molar-refractivity contribution is -0.385. The molecule has 2 aromatic rings. The smallest absolute Gasteiger partial charge is 0.326 e. The molecule has 0 unspecified atom stereocenters. The van der Waals surface area contributed by atoms with Crippen molar-refractivity contribution in [1.29, 1.82) is 0 Å². The number of fused-ring (bicyclic) bond motifs is 1. The van der Waals surface area contributed by atoms with Crippen molar-refractivity contribution < 1.29 is 28.8 Å². The van der Waals surface area contributed by atoms with Crippen LogP contribution in [0, 0.1) is 10.1 Å². The summed E-state index contributed by atoms with van der Waals surface area (Å²) in [5.74, 6) is -3.19. The molecule has 1 aliphatic heterocycles. The Hall–Kier alpha value is -3.88. The Kier molecular flexibility index (Phi) is 5.94. The summed E-state index contributed by atoms with van der Waals surface area (Å²) in [5, 5.41) is 11.2. The number of amides is 2. The molecule has 1 aliphatic rings. The van der Waals surface area contributed by atoms with Crippen LogP contribution in [0.1, 0.15) is 64.3 Å². The van der Waals surface area contributed by atoms with Crippen LogP contribution in [-0.4, -0.2) is 46.0 Å². The van der Waals surface area contributed by atoms with Crippen LogP contribution < -0.4 is 0 Å². The highest BCUT2D eigenvalue weighted by molar-refractivity contribution is 6.24. The van der Waals surface area contributed by atoms with E-state index in [1.807, 2.05) is 32.9 Å². The third-order valence-electron chi connectivity index (χ3n) is 5.17. The first kappa shape index (κ1) is 22.8. The zero-order valence-corrected chi connectivity index (χ0v) is 18.1. The van der Waals surface area contributed by atoms with E-state index in [4.69, 9.17) is 4.74 Å². The molecule has 9 heteroatoms. The van der Waals surface area contributed by atoms with Gasteiger partial charge in [-0.1, -0.05) is 51.1 Å². The van der Waals surface area contributed by atoms with E-state index in [1.165, 1.54) is 19.1 Å². The van der Waals surface area contributed by atoms with Gasteiger partial charge in [-0.3, -0.25) is 34.2 Å². The second kappa shape index (κ2) is 8.33. The monoisotopic (exact) mass is 438 g/mol. The van der Waals surface area contributed by atoms with Crippen molar-refractivity contribution in [3.8, 4) is 0 Å². The maximum atomic E-state index is 12.6. The standard InChI is InChI=1S/C23H22N2O7/c1-13(20(27)14-8-10-15(11-9-14)23(2,3)4)32-18(26)12-24-21(28)16-6-5-7-17(25(30)31)19(16)22(24)29/h5-11,13H,12H2,1-4H3/t13-/m0/s1. The summed E-state index contributed by atoms with van der Waals surface area (Å²) in [4.78, 5) is 60.9. The van der Waals surface area contributed by atoms with Gasteiger partial charge in [-0.05, 0) is 24.0 Å². The third-order valence-corrected chi connectivity index (χ3v) is 5.17. The van der Waals surface area contributed by atoms with Gasteiger partial charge in [-0.15, -0.1) is 0 Å². The highest BCUT2D eigenvalue weighted by Crippen LogP contribution is 2.30. The van der Waals surface area contributed by atoms with Gasteiger partial charge in [-0.25, -0.2) is 0 Å². The van der Waals surface area contributed by atoms with Crippen molar-refractivity contribution in [2.24, 2.45) is 0 Å². The van der Waals surface area contributed by atoms with Crippen LogP contribution in [0.15, 0.2) is 42.5 Å². The molecule has 1 heterocycles. The second-order valence-corrected chi connectivity index (χ2v) is 8.48. The summed E-state index contributed by atoms with van der Waals surface area (Å²) in [7, 11) is 0. The molecule has 0 aromatic heterocycles. The first-order valence-electron chi connectivity index (χ1n) is 9.89. The van der Waals surface area contributed by atoms with E-state index in [0.29, 0.717) is 10.5 Å². The minimum atomic E-state index is -1.15. The van der Waals surface area contributed by atoms with Crippen molar-refractivity contribution in [3.05, 3.63) is 74.8 Å². The fourth-order valence-electron chi connectivity index (χ4n) is 3.40. The van der Waals surface area contributed by atoms with E-state index in [2.05, 4.69) is 0 Å². The van der Waals surface area contributed by atoms with Crippen molar-refractivity contribution in [1.82, 2.24) is 4.90 Å². The fourth-order valence-corrected chi connectivity index (χ4v) is 3.40. The van der Waals surface area contributed by atoms with Crippen molar-refractivity contribution in [3.63, 3.8) is 0 Å². The van der Waals surface area contributed by atoms with Gasteiger partial charge in [0.25, 0.3) is 17.5 Å². The second-order valence-electron chi connectivity index (χ2n) is 8.48. The van der Waals surface area contributed by atoms with Crippen LogP contribution in [0.2, 0.25) is 0 Å². The van der Waals surface area contributed by atoms with E-state index in [-0.39, 0.29) is 16.5 Å². The highest BCUT2D eigenvalue weighted by atomic mass is 16.6. The average molecular weight is 438 g/mol. The molecule has 9 nitrogen and oxygen atoms in total. The van der Waals surface area contributed by atoms with Gasteiger partial charge in [0.15, 0.2) is 6.10 Å². The number of rotatable bonds is 6. The molecule has 1 atom stereocenters. The predicted molar refractivity (Wildman–Crippen MR) is 113 cm³/mol. The Morgan fingerprint density at radius 3 is 2.25 bits per heavy atom. The zero-order chi connectivity index (χ0) is 23.8. The first-order chi connectivity index (χ1) is 14.9. The number of imide groups is 1. The quantitative estimate of drug-likeness (QED) is 0.223. The lowest BCUT2D eigenvalue weighted by Crippen LogP contribution is -2.37. The number of ketones is 1. The van der Waals surface area contributed by atoms with Crippen molar-refractivity contribution in [2.75, 3.05) is 6.54 Å². The normalized spacial score (nSPS) is 14.2. The molecule has 0 saturated carbocycles. The predicted octanol–water partition coefficient (Wildman–Crippen LogP) is 3.30. The molecule has 0 radical (unpaired) electrons. The van der Waals surface area contributed by atoms with Gasteiger partial charge in [0.1, 0.15) is 12.1 Å². The Bertz CT molecular complexity index is 1130. The topological polar surface area (TPSA) is 124 Å². The largest absolute Gasteiger partial charge is 0.453 e. The van der Waals surface area contributed by atoms with Crippen molar-refractivity contribution >= 4 is 29.3 Å². The number of benzene rings is 2. The van der Waals surface area contributed by atoms with Crippen LogP contribution in [0.3, 0.4) is 0 Å². The highest BCUT2D eigenvalue weighted by Gasteiger charge is 2.42. The number of Topliss-reactive ketones (excluding diaryl/α,β-unsaturated/α-hetero) is 1. The maximum Gasteiger partial charge on any atom is 0.326 e. The number of esters is 1. The van der Waals surface area contributed by atoms with E-state index in [0.717, 1.165) is 11.6 Å². The summed E-state index contributed by atoms with van der Waals surface area (Å²) < 4.78 is 5.13. The van der Waals surface area contributed by atoms with Crippen LogP contribution in [-0.2, 0) is 14.9 Å². The zero-order valence-electron chi connectivity index (χ0n) is 18.1. The molecular formula is C23H22N2O7. The molecule has 0 spiro atoms. The minimum absolute atomic E-state index is 0.0822. The number of carbonyl (C=O) groups excluding carboxylic acids is 4. The number of nitrogens with zero attached hydrogens (tertiary/aromatic N) is 2. The summed E-state index contributed by atoms with van der Waals surface area (Å²) in [6.45, 7) is 6.77. The van der Waals surface area contributed by atoms with Crippen LogP contribution in [0.25, 0.3) is 0 Å². The molecule has 0 bridgehead atoms. The average Bonchev–Trinajstić information content (AvgIpc) is 2.97. The Morgan fingerprint density at radius 2 is 1.69 bits per heavy atom. The molecule has 0 aliphatic carbocycles. The van der Waals surface area contributed by atoms with Gasteiger partial charge >= 0.3 is 5.97 Å². The number of hydrogen-bond acceptors (Lipinski definition) is 7. The molecule has 32 heavy (non-hydrogen) atoms. The van der Waals surface area contributed by atoms with Crippen LogP contribution in [0.5, 0.6) is 0 Å². The number of hydrogen-bond donors (Lipinski definition) is 0. The lowest BCUT2D eigenvalue weighted by Gasteiger charge is -2.19. The third kappa shape index (κ3) is 4.27. The summed E-state index contributed by atoms with van der Waals surface area (Å²) in [6.07, 6.45) is -1.15. The number of carbonyl (C=O) groups is 4. The Morgan fingerprint density at radius 1 is 1.06 bits per heavy atom. The molecule has 0 saturated heterocycles. The van der Waals surface area contributed by atoms with Gasteiger partial charge in [-0.2, -0.15) is 0 Å². The molecule has 166 valence electrons. The molecule has 2 amide bonds. The summed E-state index contributed by atoms with van der Waals surface area (Å²) in [6, 6.07) is 10.6. The van der Waals surface area contributed by atoms with Crippen molar-refractivity contribution in [2.45, 2.75) is 39.2 Å². The summed E-state index contributed by atoms with van der Waals surface area (Å²) in [5.41, 5.74) is 0.284. The number of ether oxygens (including phenoxy) is 1. The molecule has 0 fully saturated rings. The van der Waals surface area contributed by atoms with Crippen LogP contribution >= 0.6 is 0 Å². The van der Waals surface area contributed by atoms with Crippen LogP contribution in [0.4, 0.5) is 5.69 Å². The molecule has 2 aromatic carbocycles. The SMILES string of the molecule is C[C@H](OC(=O)CN1C(=O)c2cccc([N+](=O)[O-])c2C1=O)C(=O)c1ccc(C(C)(C)C)cc1. The summed E-state index contributed by atoms with van der Waals surface area (Å²) >= 11 is 0. The van der Waals surface area contributed by atoms with E-state index in [1.54, 1.807) is 12.1 Å². The first-order valence-corrected chi connectivity index (χ1v) is 9.89. The van der Waals surface area contributed by atoms with Gasteiger partial charge in [0, 0.05) is 11.6 Å². The van der Waals surface area contributed by atoms with Gasteiger partial charge in [0.05, 0.1) is 10.5 Å². The minimum Gasteiger partial charge on any atom is -0.453 e. The van der Waals surface area contributed by atoms with E-state index >= 15 is 0 Å². The maximum absolute atomic E-state index is 12.6. The fraction of sp³-hybridized carbons (Fsp3) is 0.304. The number of nitro benzene ring substituents is 1. The van der Waals surface area contributed by atoms with Gasteiger partial charge in [0.2, 0.25) is 5.78 Å². The Balaban J connectivity index is 1.68. The van der Waals surface area contributed by atoms with E-state index in [9.17, 15) is 29.3 Å². The Labute approximate surface area is 184 Å². The number of nitro groups is 1. The molecule has 3 rings (SSSR count). The van der Waals surface area contributed by atoms with Gasteiger partial charge < -0.3 is 4.74 Å². The molecular weight excluding hydrogens is 416 g/mol. The van der Waals surface area contributed by atoms with E-state index < -0.39 is 46.8 Å².